The number of aliphatic hydroxyl groups excluding tert-OH is 1. The van der Waals surface area contributed by atoms with E-state index in [4.69, 9.17) is 4.74 Å². The van der Waals surface area contributed by atoms with Gasteiger partial charge in [0.1, 0.15) is 18.5 Å². The van der Waals surface area contributed by atoms with Gasteiger partial charge in [0.15, 0.2) is 0 Å². The Kier molecular flexibility index (Phi) is 6.41. The molecule has 0 aliphatic heterocycles. The fourth-order valence-electron chi connectivity index (χ4n) is 1.86. The van der Waals surface area contributed by atoms with Crippen molar-refractivity contribution in [3.05, 3.63) is 33.4 Å². The van der Waals surface area contributed by atoms with Crippen LogP contribution in [0.5, 0.6) is 5.75 Å². The van der Waals surface area contributed by atoms with Crippen LogP contribution in [0, 0.1) is 24.0 Å². The highest BCUT2D eigenvalue weighted by Crippen LogP contribution is 2.28. The Hall–Kier alpha value is -1.66. The Morgan fingerprint density at radius 2 is 2.10 bits per heavy atom. The SMILES string of the molecule is CCCNCC(O)COc1cc([N+](=O)[O-])c(C)cc1C. The first-order valence-electron chi connectivity index (χ1n) is 6.73. The van der Waals surface area contributed by atoms with Crippen LogP contribution < -0.4 is 10.1 Å². The summed E-state index contributed by atoms with van der Waals surface area (Å²) in [4.78, 5) is 10.5. The fraction of sp³-hybridized carbons (Fsp3) is 0.571. The van der Waals surface area contributed by atoms with E-state index in [1.165, 1.54) is 6.07 Å². The van der Waals surface area contributed by atoms with Crippen molar-refractivity contribution in [1.29, 1.82) is 0 Å². The molecule has 112 valence electrons. The fourth-order valence-corrected chi connectivity index (χ4v) is 1.86. The molecule has 1 aromatic carbocycles. The average molecular weight is 282 g/mol. The minimum atomic E-state index is -0.638. The molecule has 1 unspecified atom stereocenters. The number of aryl methyl sites for hydroxylation is 2. The van der Waals surface area contributed by atoms with Gasteiger partial charge in [-0.15, -0.1) is 0 Å². The van der Waals surface area contributed by atoms with Gasteiger partial charge in [0, 0.05) is 12.1 Å². The molecule has 0 saturated carbocycles. The molecule has 0 heterocycles. The van der Waals surface area contributed by atoms with Crippen LogP contribution in [0.15, 0.2) is 12.1 Å². The number of nitrogens with zero attached hydrogens (tertiary/aromatic N) is 1. The molecule has 0 saturated heterocycles. The molecule has 0 aromatic heterocycles. The molecule has 0 aliphatic carbocycles. The van der Waals surface area contributed by atoms with Gasteiger partial charge in [-0.05, 0) is 38.4 Å². The zero-order valence-electron chi connectivity index (χ0n) is 12.2. The molecule has 6 heteroatoms. The molecule has 0 radical (unpaired) electrons. The third-order valence-corrected chi connectivity index (χ3v) is 2.93. The second kappa shape index (κ2) is 7.81. The van der Waals surface area contributed by atoms with Crippen LogP contribution in [0.1, 0.15) is 24.5 Å². The Balaban J connectivity index is 2.63. The summed E-state index contributed by atoms with van der Waals surface area (Å²) in [5.74, 6) is 0.442. The van der Waals surface area contributed by atoms with Crippen molar-refractivity contribution >= 4 is 5.69 Å². The number of benzene rings is 1. The van der Waals surface area contributed by atoms with Crippen LogP contribution in [0.2, 0.25) is 0 Å². The quantitative estimate of drug-likeness (QED) is 0.432. The predicted molar refractivity (Wildman–Crippen MR) is 77.2 cm³/mol. The third-order valence-electron chi connectivity index (χ3n) is 2.93. The molecular formula is C14H22N2O4. The Bertz CT molecular complexity index is 463. The molecule has 1 atom stereocenters. The second-order valence-electron chi connectivity index (χ2n) is 4.83. The minimum absolute atomic E-state index is 0.0317. The van der Waals surface area contributed by atoms with E-state index >= 15 is 0 Å². The van der Waals surface area contributed by atoms with Crippen molar-refractivity contribution < 1.29 is 14.8 Å². The van der Waals surface area contributed by atoms with Gasteiger partial charge in [-0.3, -0.25) is 10.1 Å². The van der Waals surface area contributed by atoms with Crippen molar-refractivity contribution in [2.45, 2.75) is 33.3 Å². The molecule has 0 fully saturated rings. The van der Waals surface area contributed by atoms with Crippen molar-refractivity contribution in [3.8, 4) is 5.75 Å². The molecule has 0 aliphatic rings. The van der Waals surface area contributed by atoms with Gasteiger partial charge >= 0.3 is 0 Å². The third kappa shape index (κ3) is 4.79. The zero-order chi connectivity index (χ0) is 15.1. The summed E-state index contributed by atoms with van der Waals surface area (Å²) in [7, 11) is 0. The smallest absolute Gasteiger partial charge is 0.276 e. The van der Waals surface area contributed by atoms with Gasteiger partial charge in [0.2, 0.25) is 0 Å². The molecule has 2 N–H and O–H groups in total. The maximum atomic E-state index is 10.9. The number of nitro benzene ring substituents is 1. The second-order valence-corrected chi connectivity index (χ2v) is 4.83. The van der Waals surface area contributed by atoms with Crippen molar-refractivity contribution in [2.75, 3.05) is 19.7 Å². The molecule has 0 bridgehead atoms. The maximum absolute atomic E-state index is 10.9. The number of nitrogens with one attached hydrogen (secondary N) is 1. The van der Waals surface area contributed by atoms with Crippen LogP contribution in [-0.4, -0.2) is 35.8 Å². The highest BCUT2D eigenvalue weighted by Gasteiger charge is 2.15. The highest BCUT2D eigenvalue weighted by atomic mass is 16.6. The Labute approximate surface area is 118 Å². The number of aliphatic hydroxyl groups is 1. The highest BCUT2D eigenvalue weighted by molar-refractivity contribution is 5.49. The lowest BCUT2D eigenvalue weighted by atomic mass is 10.1. The summed E-state index contributed by atoms with van der Waals surface area (Å²) in [6, 6.07) is 3.13. The van der Waals surface area contributed by atoms with E-state index in [0.717, 1.165) is 18.5 Å². The Morgan fingerprint density at radius 3 is 2.70 bits per heavy atom. The average Bonchev–Trinajstić information content (AvgIpc) is 2.37. The summed E-state index contributed by atoms with van der Waals surface area (Å²) in [5, 5.41) is 23.7. The Morgan fingerprint density at radius 1 is 1.40 bits per heavy atom. The van der Waals surface area contributed by atoms with Gasteiger partial charge in [0.05, 0.1) is 11.0 Å². The molecule has 6 nitrogen and oxygen atoms in total. The van der Waals surface area contributed by atoms with E-state index in [0.29, 0.717) is 17.9 Å². The van der Waals surface area contributed by atoms with Crippen molar-refractivity contribution in [2.24, 2.45) is 0 Å². The molecular weight excluding hydrogens is 260 g/mol. The normalized spacial score (nSPS) is 12.2. The summed E-state index contributed by atoms with van der Waals surface area (Å²) in [5.41, 5.74) is 1.45. The van der Waals surface area contributed by atoms with Crippen molar-refractivity contribution in [1.82, 2.24) is 5.32 Å². The van der Waals surface area contributed by atoms with E-state index in [9.17, 15) is 15.2 Å². The molecule has 1 rings (SSSR count). The first kappa shape index (κ1) is 16.4. The number of rotatable bonds is 8. The lowest BCUT2D eigenvalue weighted by molar-refractivity contribution is -0.385. The largest absolute Gasteiger partial charge is 0.490 e. The number of hydrogen-bond donors (Lipinski definition) is 2. The maximum Gasteiger partial charge on any atom is 0.276 e. The number of hydrogen-bond acceptors (Lipinski definition) is 5. The van der Waals surface area contributed by atoms with Gasteiger partial charge in [-0.1, -0.05) is 6.92 Å². The zero-order valence-corrected chi connectivity index (χ0v) is 12.2. The van der Waals surface area contributed by atoms with E-state index < -0.39 is 11.0 Å². The predicted octanol–water partition coefficient (Wildman–Crippen LogP) is 1.95. The molecule has 0 spiro atoms. The monoisotopic (exact) mass is 282 g/mol. The van der Waals surface area contributed by atoms with Crippen molar-refractivity contribution in [3.63, 3.8) is 0 Å². The van der Waals surface area contributed by atoms with Crippen LogP contribution in [0.25, 0.3) is 0 Å². The molecule has 0 amide bonds. The number of ether oxygens (including phenoxy) is 1. The van der Waals surface area contributed by atoms with Crippen LogP contribution in [-0.2, 0) is 0 Å². The first-order chi connectivity index (χ1) is 9.45. The standard InChI is InChI=1S/C14H22N2O4/c1-4-5-15-8-12(17)9-20-14-7-13(16(18)19)10(2)6-11(14)3/h6-7,12,15,17H,4-5,8-9H2,1-3H3. The van der Waals surface area contributed by atoms with E-state index in [1.807, 2.05) is 13.8 Å². The molecule has 1 aromatic rings. The number of nitro groups is 1. The van der Waals surface area contributed by atoms with E-state index in [2.05, 4.69) is 5.32 Å². The van der Waals surface area contributed by atoms with Crippen LogP contribution >= 0.6 is 0 Å². The summed E-state index contributed by atoms with van der Waals surface area (Å²) >= 11 is 0. The topological polar surface area (TPSA) is 84.6 Å². The van der Waals surface area contributed by atoms with E-state index in [-0.39, 0.29) is 12.3 Å². The van der Waals surface area contributed by atoms with Crippen LogP contribution in [0.3, 0.4) is 0 Å². The summed E-state index contributed by atoms with van der Waals surface area (Å²) < 4.78 is 5.48. The van der Waals surface area contributed by atoms with Gasteiger partial charge in [-0.25, -0.2) is 0 Å². The molecule has 20 heavy (non-hydrogen) atoms. The van der Waals surface area contributed by atoms with Gasteiger partial charge in [-0.2, -0.15) is 0 Å². The van der Waals surface area contributed by atoms with E-state index in [1.54, 1.807) is 13.0 Å². The summed E-state index contributed by atoms with van der Waals surface area (Å²) in [6.07, 6.45) is 0.359. The lowest BCUT2D eigenvalue weighted by Gasteiger charge is -2.14. The van der Waals surface area contributed by atoms with Crippen LogP contribution in [0.4, 0.5) is 5.69 Å². The summed E-state index contributed by atoms with van der Waals surface area (Å²) in [6.45, 7) is 6.96. The first-order valence-corrected chi connectivity index (χ1v) is 6.73. The minimum Gasteiger partial charge on any atom is -0.490 e. The van der Waals surface area contributed by atoms with Gasteiger partial charge in [0.25, 0.3) is 5.69 Å². The lowest BCUT2D eigenvalue weighted by Crippen LogP contribution is -2.31. The van der Waals surface area contributed by atoms with Gasteiger partial charge < -0.3 is 15.2 Å².